The molecular formula is C14H20N2O. The molecule has 1 aliphatic rings. The van der Waals surface area contributed by atoms with Gasteiger partial charge in [0.15, 0.2) is 0 Å². The molecule has 1 aromatic carbocycles. The van der Waals surface area contributed by atoms with Crippen LogP contribution in [-0.4, -0.2) is 18.0 Å². The van der Waals surface area contributed by atoms with E-state index in [9.17, 15) is 4.79 Å². The highest BCUT2D eigenvalue weighted by Crippen LogP contribution is 2.19. The second-order valence-electron chi connectivity index (χ2n) is 5.18. The Bertz CT molecular complexity index is 391. The number of carbonyl (C=O) groups is 1. The van der Waals surface area contributed by atoms with Crippen LogP contribution in [0, 0.1) is 0 Å². The molecule has 92 valence electrons. The van der Waals surface area contributed by atoms with Gasteiger partial charge in [0.1, 0.15) is 0 Å². The summed E-state index contributed by atoms with van der Waals surface area (Å²) in [5.74, 6) is 0.508. The normalized spacial score (nSPS) is 23.3. The first-order valence-corrected chi connectivity index (χ1v) is 6.22. The number of rotatable bonds is 3. The number of benzene rings is 1. The summed E-state index contributed by atoms with van der Waals surface area (Å²) >= 11 is 0. The van der Waals surface area contributed by atoms with Crippen molar-refractivity contribution in [2.24, 2.45) is 5.73 Å². The molecule has 0 unspecified atom stereocenters. The van der Waals surface area contributed by atoms with E-state index in [1.165, 1.54) is 5.56 Å². The van der Waals surface area contributed by atoms with Gasteiger partial charge in [0.25, 0.3) is 5.91 Å². The first kappa shape index (κ1) is 12.1. The summed E-state index contributed by atoms with van der Waals surface area (Å²) in [5, 5.41) is 2.99. The molecule has 17 heavy (non-hydrogen) atoms. The van der Waals surface area contributed by atoms with Crippen LogP contribution in [0.3, 0.4) is 0 Å². The molecule has 0 aliphatic heterocycles. The molecule has 0 bridgehead atoms. The van der Waals surface area contributed by atoms with Gasteiger partial charge in [-0.15, -0.1) is 0 Å². The SMILES string of the molecule is CC(C)c1ccc(C(=O)NC2CC(N)C2)cc1. The third kappa shape index (κ3) is 2.86. The summed E-state index contributed by atoms with van der Waals surface area (Å²) in [6.45, 7) is 4.29. The van der Waals surface area contributed by atoms with Gasteiger partial charge in [0.05, 0.1) is 0 Å². The van der Waals surface area contributed by atoms with Crippen molar-refractivity contribution >= 4 is 5.91 Å². The van der Waals surface area contributed by atoms with Gasteiger partial charge in [0, 0.05) is 17.6 Å². The van der Waals surface area contributed by atoms with Gasteiger partial charge in [-0.3, -0.25) is 4.79 Å². The highest BCUT2D eigenvalue weighted by Gasteiger charge is 2.27. The van der Waals surface area contributed by atoms with Crippen LogP contribution >= 0.6 is 0 Å². The minimum atomic E-state index is 0.0113. The van der Waals surface area contributed by atoms with Crippen LogP contribution in [0.2, 0.25) is 0 Å². The topological polar surface area (TPSA) is 55.1 Å². The molecule has 0 radical (unpaired) electrons. The zero-order chi connectivity index (χ0) is 12.4. The smallest absolute Gasteiger partial charge is 0.251 e. The molecule has 2 rings (SSSR count). The van der Waals surface area contributed by atoms with Crippen LogP contribution in [0.25, 0.3) is 0 Å². The van der Waals surface area contributed by atoms with Crippen LogP contribution in [0.4, 0.5) is 0 Å². The van der Waals surface area contributed by atoms with Crippen molar-refractivity contribution in [1.82, 2.24) is 5.32 Å². The van der Waals surface area contributed by atoms with E-state index in [0.29, 0.717) is 5.92 Å². The average molecular weight is 232 g/mol. The predicted octanol–water partition coefficient (Wildman–Crippen LogP) is 2.03. The zero-order valence-electron chi connectivity index (χ0n) is 10.4. The summed E-state index contributed by atoms with van der Waals surface area (Å²) in [4.78, 5) is 11.9. The number of hydrogen-bond acceptors (Lipinski definition) is 2. The maximum atomic E-state index is 11.9. The molecule has 3 N–H and O–H groups in total. The minimum absolute atomic E-state index is 0.0113. The van der Waals surface area contributed by atoms with E-state index in [0.717, 1.165) is 18.4 Å². The molecule has 1 saturated carbocycles. The standard InChI is InChI=1S/C14H20N2O/c1-9(2)10-3-5-11(6-4-10)14(17)16-13-7-12(15)8-13/h3-6,9,12-13H,7-8,15H2,1-2H3,(H,16,17). The monoisotopic (exact) mass is 232 g/mol. The van der Waals surface area contributed by atoms with E-state index in [4.69, 9.17) is 5.73 Å². The number of amides is 1. The maximum Gasteiger partial charge on any atom is 0.251 e. The first-order chi connectivity index (χ1) is 8.06. The Morgan fingerprint density at radius 3 is 2.35 bits per heavy atom. The molecule has 0 aromatic heterocycles. The summed E-state index contributed by atoms with van der Waals surface area (Å²) < 4.78 is 0. The van der Waals surface area contributed by atoms with Crippen LogP contribution in [0.5, 0.6) is 0 Å². The first-order valence-electron chi connectivity index (χ1n) is 6.22. The Morgan fingerprint density at radius 2 is 1.88 bits per heavy atom. The third-order valence-electron chi connectivity index (χ3n) is 3.35. The van der Waals surface area contributed by atoms with Gasteiger partial charge in [-0.1, -0.05) is 26.0 Å². The van der Waals surface area contributed by atoms with Crippen molar-refractivity contribution in [3.05, 3.63) is 35.4 Å². The fraction of sp³-hybridized carbons (Fsp3) is 0.500. The van der Waals surface area contributed by atoms with Crippen molar-refractivity contribution in [3.63, 3.8) is 0 Å². The number of nitrogens with one attached hydrogen (secondary N) is 1. The van der Waals surface area contributed by atoms with Crippen molar-refractivity contribution < 1.29 is 4.79 Å². The molecule has 0 heterocycles. The van der Waals surface area contributed by atoms with E-state index in [1.807, 2.05) is 24.3 Å². The lowest BCUT2D eigenvalue weighted by molar-refractivity contribution is 0.0910. The Labute approximate surface area is 102 Å². The van der Waals surface area contributed by atoms with Crippen LogP contribution < -0.4 is 11.1 Å². The van der Waals surface area contributed by atoms with Gasteiger partial charge >= 0.3 is 0 Å². The molecule has 1 aromatic rings. The molecule has 0 atom stereocenters. The lowest BCUT2D eigenvalue weighted by atomic mass is 9.87. The lowest BCUT2D eigenvalue weighted by Crippen LogP contribution is -2.50. The van der Waals surface area contributed by atoms with Gasteiger partial charge in [0.2, 0.25) is 0 Å². The highest BCUT2D eigenvalue weighted by atomic mass is 16.1. The Morgan fingerprint density at radius 1 is 1.29 bits per heavy atom. The fourth-order valence-corrected chi connectivity index (χ4v) is 2.07. The highest BCUT2D eigenvalue weighted by molar-refractivity contribution is 5.94. The maximum absolute atomic E-state index is 11.9. The van der Waals surface area contributed by atoms with Gasteiger partial charge in [-0.05, 0) is 36.5 Å². The van der Waals surface area contributed by atoms with E-state index >= 15 is 0 Å². The van der Waals surface area contributed by atoms with Crippen LogP contribution in [0.15, 0.2) is 24.3 Å². The predicted molar refractivity (Wildman–Crippen MR) is 69.0 cm³/mol. The zero-order valence-corrected chi connectivity index (χ0v) is 10.4. The van der Waals surface area contributed by atoms with Crippen molar-refractivity contribution in [1.29, 1.82) is 0 Å². The second-order valence-corrected chi connectivity index (χ2v) is 5.18. The Balaban J connectivity index is 1.95. The second kappa shape index (κ2) is 4.88. The summed E-state index contributed by atoms with van der Waals surface area (Å²) in [5.41, 5.74) is 7.67. The van der Waals surface area contributed by atoms with Crippen molar-refractivity contribution in [2.75, 3.05) is 0 Å². The van der Waals surface area contributed by atoms with E-state index in [1.54, 1.807) is 0 Å². The molecule has 1 amide bonds. The Hall–Kier alpha value is -1.35. The third-order valence-corrected chi connectivity index (χ3v) is 3.35. The molecule has 3 nitrogen and oxygen atoms in total. The van der Waals surface area contributed by atoms with Gasteiger partial charge in [-0.25, -0.2) is 0 Å². The van der Waals surface area contributed by atoms with E-state index in [2.05, 4.69) is 19.2 Å². The summed E-state index contributed by atoms with van der Waals surface area (Å²) in [7, 11) is 0. The molecule has 0 saturated heterocycles. The van der Waals surface area contributed by atoms with E-state index in [-0.39, 0.29) is 18.0 Å². The molecule has 3 heteroatoms. The summed E-state index contributed by atoms with van der Waals surface area (Å²) in [6.07, 6.45) is 1.80. The Kier molecular flexibility index (Phi) is 3.48. The van der Waals surface area contributed by atoms with Gasteiger partial charge < -0.3 is 11.1 Å². The van der Waals surface area contributed by atoms with Crippen LogP contribution in [-0.2, 0) is 0 Å². The number of nitrogens with two attached hydrogens (primary N) is 1. The minimum Gasteiger partial charge on any atom is -0.349 e. The quantitative estimate of drug-likeness (QED) is 0.837. The largest absolute Gasteiger partial charge is 0.349 e. The fourth-order valence-electron chi connectivity index (χ4n) is 2.07. The molecule has 1 fully saturated rings. The van der Waals surface area contributed by atoms with Gasteiger partial charge in [-0.2, -0.15) is 0 Å². The van der Waals surface area contributed by atoms with Crippen LogP contribution in [0.1, 0.15) is 48.5 Å². The summed E-state index contributed by atoms with van der Waals surface area (Å²) in [6, 6.07) is 8.36. The number of hydrogen-bond donors (Lipinski definition) is 2. The van der Waals surface area contributed by atoms with E-state index < -0.39 is 0 Å². The van der Waals surface area contributed by atoms with Crippen molar-refractivity contribution in [2.45, 2.75) is 44.7 Å². The lowest BCUT2D eigenvalue weighted by Gasteiger charge is -2.32. The molecular weight excluding hydrogens is 212 g/mol. The molecule has 0 spiro atoms. The number of carbonyl (C=O) groups excluding carboxylic acids is 1. The molecule has 1 aliphatic carbocycles. The van der Waals surface area contributed by atoms with Crippen molar-refractivity contribution in [3.8, 4) is 0 Å². The average Bonchev–Trinajstić information content (AvgIpc) is 2.27.